The summed E-state index contributed by atoms with van der Waals surface area (Å²) in [5.74, 6) is 0. The van der Waals surface area contributed by atoms with E-state index >= 15 is 0 Å². The number of rotatable bonds is 13. The maximum atomic E-state index is 2.74. The standard InChI is InChI=1S/C17H38N2/c1-6-11-12-17(18(13-7-2)14-8-3)19(15-9-4)16-10-5/h17H,6-16H2,1-5H3. The van der Waals surface area contributed by atoms with Gasteiger partial charge in [-0.05, 0) is 58.3 Å². The van der Waals surface area contributed by atoms with Crippen molar-refractivity contribution in [3.8, 4) is 0 Å². The Morgan fingerprint density at radius 1 is 0.579 bits per heavy atom. The van der Waals surface area contributed by atoms with Gasteiger partial charge in [-0.2, -0.15) is 0 Å². The summed E-state index contributed by atoms with van der Waals surface area (Å²) in [6, 6.07) is 0. The quantitative estimate of drug-likeness (QED) is 0.446. The molecule has 116 valence electrons. The lowest BCUT2D eigenvalue weighted by Gasteiger charge is -2.40. The monoisotopic (exact) mass is 270 g/mol. The zero-order valence-electron chi connectivity index (χ0n) is 14.2. The highest BCUT2D eigenvalue weighted by Gasteiger charge is 2.22. The minimum atomic E-state index is 0.680. The maximum absolute atomic E-state index is 2.74. The second-order valence-corrected chi connectivity index (χ2v) is 5.69. The van der Waals surface area contributed by atoms with E-state index in [1.54, 1.807) is 0 Å². The summed E-state index contributed by atoms with van der Waals surface area (Å²) in [6.45, 7) is 16.6. The third-order valence-corrected chi connectivity index (χ3v) is 3.70. The van der Waals surface area contributed by atoms with Crippen molar-refractivity contribution < 1.29 is 0 Å². The molecule has 0 fully saturated rings. The Bertz CT molecular complexity index is 154. The van der Waals surface area contributed by atoms with Crippen LogP contribution in [0, 0.1) is 0 Å². The zero-order valence-corrected chi connectivity index (χ0v) is 14.2. The molecule has 0 aliphatic heterocycles. The summed E-state index contributed by atoms with van der Waals surface area (Å²) in [5, 5.41) is 0. The van der Waals surface area contributed by atoms with E-state index in [-0.39, 0.29) is 0 Å². The molecule has 0 N–H and O–H groups in total. The Kier molecular flexibility index (Phi) is 12.9. The van der Waals surface area contributed by atoms with Crippen LogP contribution in [0.15, 0.2) is 0 Å². The van der Waals surface area contributed by atoms with Crippen molar-refractivity contribution in [2.45, 2.75) is 85.7 Å². The van der Waals surface area contributed by atoms with Gasteiger partial charge in [0.1, 0.15) is 0 Å². The van der Waals surface area contributed by atoms with E-state index in [1.807, 2.05) is 0 Å². The third kappa shape index (κ3) is 7.94. The van der Waals surface area contributed by atoms with Crippen molar-refractivity contribution in [1.29, 1.82) is 0 Å². The first-order valence-electron chi connectivity index (χ1n) is 8.73. The van der Waals surface area contributed by atoms with Gasteiger partial charge in [0, 0.05) is 0 Å². The van der Waals surface area contributed by atoms with E-state index in [9.17, 15) is 0 Å². The second-order valence-electron chi connectivity index (χ2n) is 5.69. The van der Waals surface area contributed by atoms with E-state index < -0.39 is 0 Å². The van der Waals surface area contributed by atoms with Crippen molar-refractivity contribution in [2.24, 2.45) is 0 Å². The summed E-state index contributed by atoms with van der Waals surface area (Å²) in [6.07, 6.45) is 9.79. The van der Waals surface area contributed by atoms with Gasteiger partial charge in [-0.25, -0.2) is 0 Å². The molecule has 0 spiro atoms. The van der Waals surface area contributed by atoms with E-state index in [0.717, 1.165) is 0 Å². The zero-order chi connectivity index (χ0) is 14.5. The predicted molar refractivity (Wildman–Crippen MR) is 87.6 cm³/mol. The van der Waals surface area contributed by atoms with Crippen LogP contribution in [0.4, 0.5) is 0 Å². The Hall–Kier alpha value is -0.0800. The van der Waals surface area contributed by atoms with Gasteiger partial charge in [0.15, 0.2) is 0 Å². The molecule has 0 saturated heterocycles. The van der Waals surface area contributed by atoms with Crippen LogP contribution in [0.1, 0.15) is 79.6 Å². The van der Waals surface area contributed by atoms with Gasteiger partial charge in [0.2, 0.25) is 0 Å². The van der Waals surface area contributed by atoms with Crippen LogP contribution in [-0.4, -0.2) is 42.1 Å². The Morgan fingerprint density at radius 3 is 1.21 bits per heavy atom. The molecule has 0 aliphatic carbocycles. The number of hydrogen-bond acceptors (Lipinski definition) is 2. The topological polar surface area (TPSA) is 6.48 Å². The molecule has 0 bridgehead atoms. The Morgan fingerprint density at radius 2 is 0.947 bits per heavy atom. The van der Waals surface area contributed by atoms with Crippen LogP contribution in [0.25, 0.3) is 0 Å². The van der Waals surface area contributed by atoms with Crippen LogP contribution in [-0.2, 0) is 0 Å². The Balaban J connectivity index is 4.76. The van der Waals surface area contributed by atoms with Gasteiger partial charge >= 0.3 is 0 Å². The summed E-state index contributed by atoms with van der Waals surface area (Å²) in [5.41, 5.74) is 0. The molecule has 0 unspecified atom stereocenters. The number of unbranched alkanes of at least 4 members (excludes halogenated alkanes) is 1. The first-order valence-corrected chi connectivity index (χ1v) is 8.73. The van der Waals surface area contributed by atoms with E-state index in [2.05, 4.69) is 44.4 Å². The van der Waals surface area contributed by atoms with Gasteiger partial charge in [-0.15, -0.1) is 0 Å². The maximum Gasteiger partial charge on any atom is 0.0622 e. The van der Waals surface area contributed by atoms with Crippen molar-refractivity contribution >= 4 is 0 Å². The van der Waals surface area contributed by atoms with Gasteiger partial charge in [0.05, 0.1) is 6.17 Å². The molecule has 0 rings (SSSR count). The number of nitrogens with zero attached hydrogens (tertiary/aromatic N) is 2. The third-order valence-electron chi connectivity index (χ3n) is 3.70. The number of hydrogen-bond donors (Lipinski definition) is 0. The van der Waals surface area contributed by atoms with E-state index in [4.69, 9.17) is 0 Å². The summed E-state index contributed by atoms with van der Waals surface area (Å²) in [7, 11) is 0. The molecular weight excluding hydrogens is 232 g/mol. The fourth-order valence-corrected chi connectivity index (χ4v) is 2.95. The van der Waals surface area contributed by atoms with Gasteiger partial charge in [-0.3, -0.25) is 9.80 Å². The fraction of sp³-hybridized carbons (Fsp3) is 1.00. The summed E-state index contributed by atoms with van der Waals surface area (Å²) >= 11 is 0. The SMILES string of the molecule is CCCCC(N(CCC)CCC)N(CCC)CCC. The molecule has 0 aromatic carbocycles. The highest BCUT2D eigenvalue weighted by atomic mass is 15.3. The van der Waals surface area contributed by atoms with Crippen LogP contribution in [0.2, 0.25) is 0 Å². The molecule has 0 amide bonds. The molecular formula is C17H38N2. The van der Waals surface area contributed by atoms with Crippen molar-refractivity contribution in [1.82, 2.24) is 9.80 Å². The molecule has 0 radical (unpaired) electrons. The average molecular weight is 271 g/mol. The predicted octanol–water partition coefficient (Wildman–Crippen LogP) is 4.75. The molecule has 0 aromatic rings. The molecule has 0 heterocycles. The first kappa shape index (κ1) is 18.9. The summed E-state index contributed by atoms with van der Waals surface area (Å²) < 4.78 is 0. The highest BCUT2D eigenvalue weighted by molar-refractivity contribution is 4.73. The van der Waals surface area contributed by atoms with E-state index in [1.165, 1.54) is 71.1 Å². The van der Waals surface area contributed by atoms with Crippen molar-refractivity contribution in [3.63, 3.8) is 0 Å². The molecule has 2 heteroatoms. The fourth-order valence-electron chi connectivity index (χ4n) is 2.95. The van der Waals surface area contributed by atoms with Crippen LogP contribution >= 0.6 is 0 Å². The van der Waals surface area contributed by atoms with Crippen LogP contribution in [0.5, 0.6) is 0 Å². The molecule has 2 nitrogen and oxygen atoms in total. The molecule has 0 aromatic heterocycles. The Labute approximate surface area is 122 Å². The van der Waals surface area contributed by atoms with Crippen LogP contribution < -0.4 is 0 Å². The molecule has 0 atom stereocenters. The van der Waals surface area contributed by atoms with Crippen LogP contribution in [0.3, 0.4) is 0 Å². The minimum Gasteiger partial charge on any atom is -0.288 e. The molecule has 0 saturated carbocycles. The summed E-state index contributed by atoms with van der Waals surface area (Å²) in [4.78, 5) is 5.47. The van der Waals surface area contributed by atoms with E-state index in [0.29, 0.717) is 6.17 Å². The van der Waals surface area contributed by atoms with Crippen molar-refractivity contribution in [3.05, 3.63) is 0 Å². The lowest BCUT2D eigenvalue weighted by Crippen LogP contribution is -2.49. The highest BCUT2D eigenvalue weighted by Crippen LogP contribution is 2.16. The smallest absolute Gasteiger partial charge is 0.0622 e. The normalized spacial score (nSPS) is 12.0. The van der Waals surface area contributed by atoms with Gasteiger partial charge in [-0.1, -0.05) is 47.5 Å². The largest absolute Gasteiger partial charge is 0.288 e. The average Bonchev–Trinajstić information content (AvgIpc) is 2.40. The lowest BCUT2D eigenvalue weighted by molar-refractivity contribution is 0.0333. The van der Waals surface area contributed by atoms with Crippen molar-refractivity contribution in [2.75, 3.05) is 26.2 Å². The molecule has 19 heavy (non-hydrogen) atoms. The van der Waals surface area contributed by atoms with Gasteiger partial charge in [0.25, 0.3) is 0 Å². The lowest BCUT2D eigenvalue weighted by atomic mass is 10.1. The second kappa shape index (κ2) is 12.9. The molecule has 0 aliphatic rings. The first-order chi connectivity index (χ1) is 9.24. The van der Waals surface area contributed by atoms with Gasteiger partial charge < -0.3 is 0 Å². The minimum absolute atomic E-state index is 0.680.